The summed E-state index contributed by atoms with van der Waals surface area (Å²) < 4.78 is 1.26. The molecule has 0 atom stereocenters. The quantitative estimate of drug-likeness (QED) is 0.375. The van der Waals surface area contributed by atoms with Gasteiger partial charge in [0.15, 0.2) is 0 Å². The minimum atomic E-state index is 0.817. The molecule has 0 spiro atoms. The number of benzene rings is 3. The lowest BCUT2D eigenvalue weighted by atomic mass is 10.0. The molecule has 2 heteroatoms. The lowest BCUT2D eigenvalue weighted by Crippen LogP contribution is -1.84. The van der Waals surface area contributed by atoms with E-state index in [0.29, 0.717) is 0 Å². The van der Waals surface area contributed by atoms with Crippen molar-refractivity contribution >= 4 is 49.8 Å². The second kappa shape index (κ2) is 3.63. The van der Waals surface area contributed by atoms with Crippen LogP contribution in [0.25, 0.3) is 21.5 Å². The average molecular weight is 319 g/mol. The van der Waals surface area contributed by atoms with Crippen molar-refractivity contribution in [2.45, 2.75) is 0 Å². The monoisotopic (exact) mass is 319 g/mol. The lowest BCUT2D eigenvalue weighted by Gasteiger charge is -2.03. The molecule has 0 aliphatic rings. The zero-order valence-corrected chi connectivity index (χ0v) is 10.7. The molecule has 16 heavy (non-hydrogen) atoms. The van der Waals surface area contributed by atoms with Crippen LogP contribution in [0.1, 0.15) is 0 Å². The fraction of sp³-hybridized carbons (Fsp3) is 0. The molecule has 1 nitrogen and oxygen atoms in total. The highest BCUT2D eigenvalue weighted by molar-refractivity contribution is 14.1. The molecule has 0 aliphatic carbocycles. The largest absolute Gasteiger partial charge is 0.399 e. The van der Waals surface area contributed by atoms with Gasteiger partial charge in [0.2, 0.25) is 0 Å². The van der Waals surface area contributed by atoms with E-state index in [9.17, 15) is 0 Å². The van der Waals surface area contributed by atoms with E-state index >= 15 is 0 Å². The predicted octanol–water partition coefficient (Wildman–Crippen LogP) is 4.18. The second-order valence-electron chi connectivity index (χ2n) is 3.95. The van der Waals surface area contributed by atoms with Gasteiger partial charge in [0.1, 0.15) is 0 Å². The summed E-state index contributed by atoms with van der Waals surface area (Å²) in [6.45, 7) is 0. The van der Waals surface area contributed by atoms with E-state index in [2.05, 4.69) is 59.0 Å². The minimum Gasteiger partial charge on any atom is -0.399 e. The Morgan fingerprint density at radius 2 is 1.31 bits per heavy atom. The van der Waals surface area contributed by atoms with Gasteiger partial charge in [-0.3, -0.25) is 0 Å². The third-order valence-corrected chi connectivity index (χ3v) is 3.45. The van der Waals surface area contributed by atoms with Crippen LogP contribution in [-0.2, 0) is 0 Å². The van der Waals surface area contributed by atoms with Crippen molar-refractivity contribution < 1.29 is 0 Å². The maximum Gasteiger partial charge on any atom is 0.0320 e. The Morgan fingerprint density at radius 1 is 0.688 bits per heavy atom. The van der Waals surface area contributed by atoms with Crippen LogP contribution in [0.4, 0.5) is 5.69 Å². The zero-order valence-electron chi connectivity index (χ0n) is 8.57. The van der Waals surface area contributed by atoms with E-state index < -0.39 is 0 Å². The van der Waals surface area contributed by atoms with Crippen molar-refractivity contribution in [1.29, 1.82) is 0 Å². The number of nitrogen functional groups attached to an aromatic ring is 1. The minimum absolute atomic E-state index is 0.817. The molecule has 0 unspecified atom stereocenters. The number of anilines is 1. The maximum atomic E-state index is 5.79. The Balaban J connectivity index is 2.44. The molecular formula is C14H10IN. The molecule has 3 aromatic rings. The number of halogens is 1. The first-order valence-electron chi connectivity index (χ1n) is 5.11. The van der Waals surface area contributed by atoms with E-state index in [1.54, 1.807) is 0 Å². The van der Waals surface area contributed by atoms with E-state index in [4.69, 9.17) is 5.73 Å². The van der Waals surface area contributed by atoms with Crippen molar-refractivity contribution in [1.82, 2.24) is 0 Å². The molecule has 0 radical (unpaired) electrons. The highest BCUT2D eigenvalue weighted by Gasteiger charge is 1.99. The standard InChI is InChI=1S/C14H10IN/c15-13-3-1-9-6-12-8-14(16)4-2-10(12)5-11(9)7-13/h1-8H,16H2. The highest BCUT2D eigenvalue weighted by atomic mass is 127. The highest BCUT2D eigenvalue weighted by Crippen LogP contribution is 2.25. The van der Waals surface area contributed by atoms with E-state index in [1.807, 2.05) is 12.1 Å². The van der Waals surface area contributed by atoms with Gasteiger partial charge >= 0.3 is 0 Å². The second-order valence-corrected chi connectivity index (χ2v) is 5.20. The maximum absolute atomic E-state index is 5.79. The topological polar surface area (TPSA) is 26.0 Å². The summed E-state index contributed by atoms with van der Waals surface area (Å²) in [5.41, 5.74) is 6.61. The van der Waals surface area contributed by atoms with Gasteiger partial charge in [0.25, 0.3) is 0 Å². The molecule has 0 bridgehead atoms. The number of hydrogen-bond donors (Lipinski definition) is 1. The number of rotatable bonds is 0. The van der Waals surface area contributed by atoms with Crippen molar-refractivity contribution in [3.63, 3.8) is 0 Å². The molecule has 0 amide bonds. The van der Waals surface area contributed by atoms with Crippen LogP contribution in [-0.4, -0.2) is 0 Å². The molecule has 0 aromatic heterocycles. The average Bonchev–Trinajstić information content (AvgIpc) is 2.26. The van der Waals surface area contributed by atoms with Crippen molar-refractivity contribution in [2.24, 2.45) is 0 Å². The number of fused-ring (bicyclic) bond motifs is 2. The van der Waals surface area contributed by atoms with Crippen LogP contribution >= 0.6 is 22.6 Å². The summed E-state index contributed by atoms with van der Waals surface area (Å²) in [5.74, 6) is 0. The van der Waals surface area contributed by atoms with Gasteiger partial charge in [-0.2, -0.15) is 0 Å². The molecular weight excluding hydrogens is 309 g/mol. The molecule has 0 aliphatic heterocycles. The summed E-state index contributed by atoms with van der Waals surface area (Å²) in [6.07, 6.45) is 0. The van der Waals surface area contributed by atoms with Gasteiger partial charge in [-0.15, -0.1) is 0 Å². The van der Waals surface area contributed by atoms with E-state index in [0.717, 1.165) is 5.69 Å². The Labute approximate surface area is 107 Å². The summed E-state index contributed by atoms with van der Waals surface area (Å²) in [6, 6.07) is 16.9. The Bertz CT molecular complexity index is 627. The Hall–Kier alpha value is -1.29. The van der Waals surface area contributed by atoms with Crippen molar-refractivity contribution in [3.8, 4) is 0 Å². The molecule has 0 fully saturated rings. The fourth-order valence-electron chi connectivity index (χ4n) is 1.99. The van der Waals surface area contributed by atoms with Crippen LogP contribution in [0, 0.1) is 3.57 Å². The smallest absolute Gasteiger partial charge is 0.0320 e. The van der Waals surface area contributed by atoms with Crippen molar-refractivity contribution in [3.05, 3.63) is 52.1 Å². The third-order valence-electron chi connectivity index (χ3n) is 2.78. The first-order chi connectivity index (χ1) is 7.72. The van der Waals surface area contributed by atoms with Gasteiger partial charge in [-0.1, -0.05) is 12.1 Å². The van der Waals surface area contributed by atoms with Crippen LogP contribution in [0.2, 0.25) is 0 Å². The molecule has 3 aromatic carbocycles. The van der Waals surface area contributed by atoms with E-state index in [-0.39, 0.29) is 0 Å². The van der Waals surface area contributed by atoms with Gasteiger partial charge in [0.05, 0.1) is 0 Å². The molecule has 0 heterocycles. The van der Waals surface area contributed by atoms with Gasteiger partial charge < -0.3 is 5.73 Å². The molecule has 2 N–H and O–H groups in total. The summed E-state index contributed by atoms with van der Waals surface area (Å²) >= 11 is 2.34. The Kier molecular flexibility index (Phi) is 2.24. The van der Waals surface area contributed by atoms with E-state index in [1.165, 1.54) is 25.1 Å². The fourth-order valence-corrected chi connectivity index (χ4v) is 2.50. The van der Waals surface area contributed by atoms with Crippen LogP contribution in [0.3, 0.4) is 0 Å². The lowest BCUT2D eigenvalue weighted by molar-refractivity contribution is 1.71. The first-order valence-corrected chi connectivity index (χ1v) is 6.19. The molecule has 3 rings (SSSR count). The van der Waals surface area contributed by atoms with Crippen LogP contribution in [0.15, 0.2) is 48.5 Å². The molecule has 0 saturated carbocycles. The van der Waals surface area contributed by atoms with Gasteiger partial charge in [-0.05, 0) is 80.5 Å². The molecule has 78 valence electrons. The normalized spacial score (nSPS) is 11.1. The summed E-state index contributed by atoms with van der Waals surface area (Å²) in [7, 11) is 0. The SMILES string of the molecule is Nc1ccc2cc3cc(I)ccc3cc2c1. The van der Waals surface area contributed by atoms with Crippen molar-refractivity contribution in [2.75, 3.05) is 5.73 Å². The molecule has 0 saturated heterocycles. The summed E-state index contributed by atoms with van der Waals surface area (Å²) in [4.78, 5) is 0. The summed E-state index contributed by atoms with van der Waals surface area (Å²) in [5, 5.41) is 4.99. The third kappa shape index (κ3) is 1.63. The number of nitrogens with two attached hydrogens (primary N) is 1. The Morgan fingerprint density at radius 3 is 2.06 bits per heavy atom. The van der Waals surface area contributed by atoms with Crippen LogP contribution < -0.4 is 5.73 Å². The predicted molar refractivity (Wildman–Crippen MR) is 78.6 cm³/mol. The van der Waals surface area contributed by atoms with Gasteiger partial charge in [-0.25, -0.2) is 0 Å². The zero-order chi connectivity index (χ0) is 11.1. The first kappa shape index (κ1) is 9.90. The van der Waals surface area contributed by atoms with Crippen LogP contribution in [0.5, 0.6) is 0 Å². The number of hydrogen-bond acceptors (Lipinski definition) is 1. The van der Waals surface area contributed by atoms with Gasteiger partial charge in [0, 0.05) is 9.26 Å².